The molecule has 0 fully saturated rings. The van der Waals surface area contributed by atoms with Crippen LogP contribution in [0.25, 0.3) is 0 Å². The second-order valence-corrected chi connectivity index (χ2v) is 4.23. The van der Waals surface area contributed by atoms with Gasteiger partial charge in [0.2, 0.25) is 0 Å². The Hall–Kier alpha value is -2.32. The molecule has 2 aromatic rings. The third-order valence-corrected chi connectivity index (χ3v) is 2.55. The highest BCUT2D eigenvalue weighted by Gasteiger charge is 2.05. The first-order chi connectivity index (χ1) is 9.69. The van der Waals surface area contributed by atoms with E-state index in [-0.39, 0.29) is 19.0 Å². The van der Waals surface area contributed by atoms with E-state index in [2.05, 4.69) is 16.9 Å². The zero-order valence-corrected chi connectivity index (χ0v) is 11.1. The lowest BCUT2D eigenvalue weighted by Gasteiger charge is -2.06. The Balaban J connectivity index is 2.07. The Bertz CT molecular complexity index is 641. The maximum atomic E-state index is 13.6. The van der Waals surface area contributed by atoms with Gasteiger partial charge in [0.25, 0.3) is 0 Å². The number of aryl methyl sites for hydroxylation is 1. The molecule has 4 nitrogen and oxygen atoms in total. The highest BCUT2D eigenvalue weighted by Crippen LogP contribution is 2.19. The normalized spacial score (nSPS) is 9.95. The average molecular weight is 274 g/mol. The van der Waals surface area contributed by atoms with Crippen LogP contribution in [-0.4, -0.2) is 21.5 Å². The van der Waals surface area contributed by atoms with Crippen LogP contribution in [0.2, 0.25) is 0 Å². The third kappa shape index (κ3) is 3.84. The summed E-state index contributed by atoms with van der Waals surface area (Å²) in [6.07, 6.45) is 3.87. The van der Waals surface area contributed by atoms with Crippen molar-refractivity contribution in [2.45, 2.75) is 13.0 Å². The van der Waals surface area contributed by atoms with Gasteiger partial charge >= 0.3 is 0 Å². The molecule has 1 aromatic heterocycles. The Labute approximate surface area is 116 Å². The molecule has 1 aromatic carbocycles. The van der Waals surface area contributed by atoms with Crippen LogP contribution < -0.4 is 4.74 Å². The predicted molar refractivity (Wildman–Crippen MR) is 72.5 cm³/mol. The number of ether oxygens (including phenoxy) is 1. The van der Waals surface area contributed by atoms with E-state index in [1.165, 1.54) is 6.07 Å². The van der Waals surface area contributed by atoms with Crippen LogP contribution in [0.5, 0.6) is 5.75 Å². The Morgan fingerprint density at radius 1 is 1.45 bits per heavy atom. The minimum absolute atomic E-state index is 0.0125. The summed E-state index contributed by atoms with van der Waals surface area (Å²) in [7, 11) is 1.81. The number of rotatable bonds is 4. The van der Waals surface area contributed by atoms with Crippen molar-refractivity contribution in [1.82, 2.24) is 9.78 Å². The Kier molecular flexibility index (Phi) is 4.75. The van der Waals surface area contributed by atoms with E-state index < -0.39 is 5.82 Å². The zero-order valence-electron chi connectivity index (χ0n) is 11.1. The SMILES string of the molecule is Cn1cc(COc2cc(C#CCCO)ccc2F)cn1. The largest absolute Gasteiger partial charge is 0.486 e. The molecule has 2 rings (SSSR count). The fourth-order valence-electron chi connectivity index (χ4n) is 1.62. The number of hydrogen-bond donors (Lipinski definition) is 1. The zero-order chi connectivity index (χ0) is 14.4. The molecule has 0 unspecified atom stereocenters. The topological polar surface area (TPSA) is 47.3 Å². The lowest BCUT2D eigenvalue weighted by molar-refractivity contribution is 0.290. The summed E-state index contributed by atoms with van der Waals surface area (Å²) in [4.78, 5) is 0. The van der Waals surface area contributed by atoms with Crippen molar-refractivity contribution in [2.24, 2.45) is 7.05 Å². The van der Waals surface area contributed by atoms with Crippen LogP contribution in [0.4, 0.5) is 4.39 Å². The van der Waals surface area contributed by atoms with Crippen LogP contribution in [0.1, 0.15) is 17.5 Å². The van der Waals surface area contributed by atoms with E-state index in [1.54, 1.807) is 30.1 Å². The summed E-state index contributed by atoms with van der Waals surface area (Å²) < 4.78 is 20.7. The van der Waals surface area contributed by atoms with Crippen LogP contribution >= 0.6 is 0 Å². The van der Waals surface area contributed by atoms with Crippen molar-refractivity contribution in [3.05, 3.63) is 47.5 Å². The molecule has 0 saturated carbocycles. The average Bonchev–Trinajstić information content (AvgIpc) is 2.85. The molecule has 0 bridgehead atoms. The lowest BCUT2D eigenvalue weighted by atomic mass is 10.2. The lowest BCUT2D eigenvalue weighted by Crippen LogP contribution is -1.97. The summed E-state index contributed by atoms with van der Waals surface area (Å²) in [5, 5.41) is 12.7. The Morgan fingerprint density at radius 3 is 3.00 bits per heavy atom. The van der Waals surface area contributed by atoms with Crippen molar-refractivity contribution in [3.63, 3.8) is 0 Å². The standard InChI is InChI=1S/C15H15FN2O2/c1-18-10-13(9-17-18)11-20-15-8-12(4-2-3-7-19)5-6-14(15)16/h5-6,8-10,19H,3,7,11H2,1H3. The van der Waals surface area contributed by atoms with Crippen LogP contribution in [0.15, 0.2) is 30.6 Å². The van der Waals surface area contributed by atoms with Gasteiger partial charge in [-0.05, 0) is 18.2 Å². The molecule has 0 aliphatic rings. The smallest absolute Gasteiger partial charge is 0.165 e. The molecular weight excluding hydrogens is 259 g/mol. The van der Waals surface area contributed by atoms with Gasteiger partial charge in [-0.3, -0.25) is 4.68 Å². The number of aliphatic hydroxyl groups excluding tert-OH is 1. The molecule has 0 spiro atoms. The molecule has 0 atom stereocenters. The number of aromatic nitrogens is 2. The number of halogens is 1. The van der Waals surface area contributed by atoms with Crippen LogP contribution in [0.3, 0.4) is 0 Å². The van der Waals surface area contributed by atoms with Gasteiger partial charge in [-0.15, -0.1) is 0 Å². The van der Waals surface area contributed by atoms with E-state index in [9.17, 15) is 4.39 Å². The summed E-state index contributed by atoms with van der Waals surface area (Å²) >= 11 is 0. The van der Waals surface area contributed by atoms with Crippen molar-refractivity contribution in [1.29, 1.82) is 0 Å². The first-order valence-corrected chi connectivity index (χ1v) is 6.18. The summed E-state index contributed by atoms with van der Waals surface area (Å²) in [5.74, 6) is 5.35. The number of aliphatic hydroxyl groups is 1. The molecule has 0 aliphatic heterocycles. The molecule has 5 heteroatoms. The summed E-state index contributed by atoms with van der Waals surface area (Å²) in [6.45, 7) is 0.261. The monoisotopic (exact) mass is 274 g/mol. The molecular formula is C15H15FN2O2. The predicted octanol–water partition coefficient (Wildman–Crippen LogP) is 1.87. The van der Waals surface area contributed by atoms with Gasteiger partial charge in [-0.1, -0.05) is 11.8 Å². The van der Waals surface area contributed by atoms with Gasteiger partial charge in [0, 0.05) is 30.8 Å². The molecule has 0 aliphatic carbocycles. The quantitative estimate of drug-likeness (QED) is 0.866. The van der Waals surface area contributed by atoms with Gasteiger partial charge in [0.05, 0.1) is 12.8 Å². The number of nitrogens with zero attached hydrogens (tertiary/aromatic N) is 2. The van der Waals surface area contributed by atoms with Gasteiger partial charge < -0.3 is 9.84 Å². The van der Waals surface area contributed by atoms with Gasteiger partial charge in [-0.2, -0.15) is 5.10 Å². The number of benzene rings is 1. The van der Waals surface area contributed by atoms with Gasteiger partial charge in [0.15, 0.2) is 11.6 Å². The molecule has 0 radical (unpaired) electrons. The highest BCUT2D eigenvalue weighted by atomic mass is 19.1. The van der Waals surface area contributed by atoms with Gasteiger partial charge in [0.1, 0.15) is 6.61 Å². The second kappa shape index (κ2) is 6.73. The van der Waals surface area contributed by atoms with Crippen molar-refractivity contribution < 1.29 is 14.2 Å². The van der Waals surface area contributed by atoms with E-state index >= 15 is 0 Å². The van der Waals surface area contributed by atoms with Crippen molar-refractivity contribution >= 4 is 0 Å². The van der Waals surface area contributed by atoms with E-state index in [1.807, 2.05) is 6.20 Å². The fourth-order valence-corrected chi connectivity index (χ4v) is 1.62. The minimum Gasteiger partial charge on any atom is -0.486 e. The van der Waals surface area contributed by atoms with Crippen LogP contribution in [0, 0.1) is 17.7 Å². The first-order valence-electron chi connectivity index (χ1n) is 6.18. The fraction of sp³-hybridized carbons (Fsp3) is 0.267. The third-order valence-electron chi connectivity index (χ3n) is 2.55. The molecule has 1 heterocycles. The minimum atomic E-state index is -0.429. The molecule has 0 saturated heterocycles. The van der Waals surface area contributed by atoms with Crippen LogP contribution in [-0.2, 0) is 13.7 Å². The molecule has 20 heavy (non-hydrogen) atoms. The maximum absolute atomic E-state index is 13.6. The maximum Gasteiger partial charge on any atom is 0.165 e. The van der Waals surface area contributed by atoms with Gasteiger partial charge in [-0.25, -0.2) is 4.39 Å². The second-order valence-electron chi connectivity index (χ2n) is 4.23. The van der Waals surface area contributed by atoms with Crippen molar-refractivity contribution in [3.8, 4) is 17.6 Å². The Morgan fingerprint density at radius 2 is 2.30 bits per heavy atom. The van der Waals surface area contributed by atoms with E-state index in [0.29, 0.717) is 12.0 Å². The highest BCUT2D eigenvalue weighted by molar-refractivity contribution is 5.40. The molecule has 1 N–H and O–H groups in total. The number of hydrogen-bond acceptors (Lipinski definition) is 3. The summed E-state index contributed by atoms with van der Waals surface area (Å²) in [5.41, 5.74) is 1.52. The van der Waals surface area contributed by atoms with Crippen molar-refractivity contribution in [2.75, 3.05) is 6.61 Å². The summed E-state index contributed by atoms with van der Waals surface area (Å²) in [6, 6.07) is 4.45. The first kappa shape index (κ1) is 14.1. The molecule has 104 valence electrons. The van der Waals surface area contributed by atoms with E-state index in [0.717, 1.165) is 5.56 Å². The van der Waals surface area contributed by atoms with E-state index in [4.69, 9.17) is 9.84 Å². The molecule has 0 amide bonds.